The van der Waals surface area contributed by atoms with E-state index in [0.717, 1.165) is 0 Å². The average Bonchev–Trinajstić information content (AvgIpc) is 2.24. The lowest BCUT2D eigenvalue weighted by atomic mass is 10.1. The highest BCUT2D eigenvalue weighted by molar-refractivity contribution is 9.10. The smallest absolute Gasteiger partial charge is 0.142 e. The molecule has 0 heterocycles. The number of ether oxygens (including phenoxy) is 1. The molecule has 2 nitrogen and oxygen atoms in total. The summed E-state index contributed by atoms with van der Waals surface area (Å²) in [4.78, 5) is 0. The number of hydrogen-bond donors (Lipinski definition) is 1. The number of halogens is 2. The molecule has 0 fully saturated rings. The highest BCUT2D eigenvalue weighted by Gasteiger charge is 2.16. The first-order chi connectivity index (χ1) is 7.56. The molecule has 16 heavy (non-hydrogen) atoms. The molecule has 0 aliphatic rings. The van der Waals surface area contributed by atoms with E-state index >= 15 is 0 Å². The first-order valence-electron chi connectivity index (χ1n) is 5.29. The van der Waals surface area contributed by atoms with Gasteiger partial charge in [-0.1, -0.05) is 12.1 Å². The van der Waals surface area contributed by atoms with E-state index in [2.05, 4.69) is 21.2 Å². The maximum atomic E-state index is 13.8. The fourth-order valence-corrected chi connectivity index (χ4v) is 1.79. The molecule has 0 saturated carbocycles. The molecule has 1 N–H and O–H groups in total. The predicted octanol–water partition coefficient (Wildman–Crippen LogP) is 3.27. The summed E-state index contributed by atoms with van der Waals surface area (Å²) < 4.78 is 19.8. The van der Waals surface area contributed by atoms with Crippen molar-refractivity contribution >= 4 is 15.9 Å². The minimum atomic E-state index is -0.228. The van der Waals surface area contributed by atoms with Crippen molar-refractivity contribution < 1.29 is 9.13 Å². The monoisotopic (exact) mass is 289 g/mol. The largest absolute Gasteiger partial charge is 0.377 e. The Kier molecular flexibility index (Phi) is 5.38. The van der Waals surface area contributed by atoms with Crippen LogP contribution in [0.25, 0.3) is 0 Å². The molecular formula is C12H17BrFNO. The zero-order valence-electron chi connectivity index (χ0n) is 9.76. The molecule has 1 rings (SSSR count). The van der Waals surface area contributed by atoms with Gasteiger partial charge in [-0.25, -0.2) is 4.39 Å². The van der Waals surface area contributed by atoms with Gasteiger partial charge in [-0.05, 0) is 42.9 Å². The van der Waals surface area contributed by atoms with E-state index in [9.17, 15) is 4.39 Å². The van der Waals surface area contributed by atoms with Crippen LogP contribution in [0.5, 0.6) is 0 Å². The molecule has 1 unspecified atom stereocenters. The van der Waals surface area contributed by atoms with E-state index in [0.29, 0.717) is 16.6 Å². The standard InChI is InChI=1S/C12H17BrFNO/c1-8(2)16-7-11(15-3)9-5-4-6-10(13)12(9)14/h4-6,8,11,15H,7H2,1-3H3. The molecule has 0 spiro atoms. The lowest BCUT2D eigenvalue weighted by Crippen LogP contribution is -2.24. The average molecular weight is 290 g/mol. The van der Waals surface area contributed by atoms with Gasteiger partial charge in [0.25, 0.3) is 0 Å². The molecule has 0 amide bonds. The van der Waals surface area contributed by atoms with E-state index in [1.165, 1.54) is 0 Å². The molecule has 0 saturated heterocycles. The zero-order chi connectivity index (χ0) is 12.1. The van der Waals surface area contributed by atoms with E-state index in [4.69, 9.17) is 4.74 Å². The van der Waals surface area contributed by atoms with E-state index < -0.39 is 0 Å². The molecule has 0 radical (unpaired) electrons. The van der Waals surface area contributed by atoms with Crippen LogP contribution in [0, 0.1) is 5.82 Å². The summed E-state index contributed by atoms with van der Waals surface area (Å²) in [6.07, 6.45) is 0.145. The Morgan fingerprint density at radius 3 is 2.69 bits per heavy atom. The number of benzene rings is 1. The number of nitrogens with one attached hydrogen (secondary N) is 1. The predicted molar refractivity (Wildman–Crippen MR) is 67.0 cm³/mol. The first kappa shape index (κ1) is 13.6. The van der Waals surface area contributed by atoms with Crippen molar-refractivity contribution in [1.82, 2.24) is 5.32 Å². The topological polar surface area (TPSA) is 21.3 Å². The van der Waals surface area contributed by atoms with Crippen LogP contribution in [0.15, 0.2) is 22.7 Å². The van der Waals surface area contributed by atoms with Gasteiger partial charge in [0.05, 0.1) is 23.2 Å². The lowest BCUT2D eigenvalue weighted by molar-refractivity contribution is 0.0619. The van der Waals surface area contributed by atoms with E-state index in [1.807, 2.05) is 19.9 Å². The van der Waals surface area contributed by atoms with Gasteiger partial charge in [-0.15, -0.1) is 0 Å². The highest BCUT2D eigenvalue weighted by Crippen LogP contribution is 2.24. The van der Waals surface area contributed by atoms with Gasteiger partial charge in [-0.2, -0.15) is 0 Å². The molecule has 0 aliphatic heterocycles. The SMILES string of the molecule is CNC(COC(C)C)c1cccc(Br)c1F. The molecule has 90 valence electrons. The van der Waals surface area contributed by atoms with Crippen molar-refractivity contribution in [1.29, 1.82) is 0 Å². The third kappa shape index (κ3) is 3.54. The molecule has 1 atom stereocenters. The van der Waals surface area contributed by atoms with Gasteiger partial charge in [0.15, 0.2) is 0 Å². The summed E-state index contributed by atoms with van der Waals surface area (Å²) in [5, 5.41) is 3.06. The van der Waals surface area contributed by atoms with Crippen LogP contribution in [0.2, 0.25) is 0 Å². The Hall–Kier alpha value is -0.450. The summed E-state index contributed by atoms with van der Waals surface area (Å²) in [6, 6.07) is 5.15. The third-order valence-electron chi connectivity index (χ3n) is 2.30. The van der Waals surface area contributed by atoms with Crippen LogP contribution in [0.4, 0.5) is 4.39 Å². The Morgan fingerprint density at radius 2 is 2.12 bits per heavy atom. The summed E-state index contributed by atoms with van der Waals surface area (Å²) in [5.41, 5.74) is 0.623. The number of likely N-dealkylation sites (N-methyl/N-ethyl adjacent to an activating group) is 1. The van der Waals surface area contributed by atoms with Crippen molar-refractivity contribution in [3.05, 3.63) is 34.1 Å². The normalized spacial score (nSPS) is 13.1. The zero-order valence-corrected chi connectivity index (χ0v) is 11.3. The van der Waals surface area contributed by atoms with Gasteiger partial charge in [0.2, 0.25) is 0 Å². The van der Waals surface area contributed by atoms with E-state index in [-0.39, 0.29) is 18.0 Å². The molecule has 0 aliphatic carbocycles. The highest BCUT2D eigenvalue weighted by atomic mass is 79.9. The molecule has 0 aromatic heterocycles. The fourth-order valence-electron chi connectivity index (χ4n) is 1.41. The van der Waals surface area contributed by atoms with Gasteiger partial charge >= 0.3 is 0 Å². The Labute approximate surface area is 104 Å². The van der Waals surface area contributed by atoms with Crippen molar-refractivity contribution in [2.45, 2.75) is 26.0 Å². The van der Waals surface area contributed by atoms with Crippen LogP contribution in [-0.4, -0.2) is 19.8 Å². The minimum Gasteiger partial charge on any atom is -0.377 e. The molecular weight excluding hydrogens is 273 g/mol. The number of rotatable bonds is 5. The Morgan fingerprint density at radius 1 is 1.44 bits per heavy atom. The lowest BCUT2D eigenvalue weighted by Gasteiger charge is -2.19. The van der Waals surface area contributed by atoms with Crippen LogP contribution in [0.1, 0.15) is 25.5 Å². The minimum absolute atomic E-state index is 0.125. The van der Waals surface area contributed by atoms with Crippen molar-refractivity contribution in [2.75, 3.05) is 13.7 Å². The maximum absolute atomic E-state index is 13.8. The van der Waals surface area contributed by atoms with Gasteiger partial charge in [0, 0.05) is 5.56 Å². The van der Waals surface area contributed by atoms with Crippen LogP contribution >= 0.6 is 15.9 Å². The second kappa shape index (κ2) is 6.33. The summed E-state index contributed by atoms with van der Waals surface area (Å²) in [7, 11) is 1.80. The second-order valence-electron chi connectivity index (χ2n) is 3.87. The molecule has 0 bridgehead atoms. The van der Waals surface area contributed by atoms with Gasteiger partial charge in [-0.3, -0.25) is 0 Å². The van der Waals surface area contributed by atoms with Gasteiger partial charge < -0.3 is 10.1 Å². The van der Waals surface area contributed by atoms with Crippen molar-refractivity contribution in [2.24, 2.45) is 0 Å². The van der Waals surface area contributed by atoms with Crippen LogP contribution < -0.4 is 5.32 Å². The van der Waals surface area contributed by atoms with Crippen molar-refractivity contribution in [3.8, 4) is 0 Å². The Balaban J connectivity index is 2.82. The van der Waals surface area contributed by atoms with Gasteiger partial charge in [0.1, 0.15) is 5.82 Å². The summed E-state index contributed by atoms with van der Waals surface area (Å²) >= 11 is 3.18. The number of hydrogen-bond acceptors (Lipinski definition) is 2. The Bertz CT molecular complexity index is 344. The molecule has 4 heteroatoms. The second-order valence-corrected chi connectivity index (χ2v) is 4.72. The maximum Gasteiger partial charge on any atom is 0.142 e. The van der Waals surface area contributed by atoms with Crippen LogP contribution in [-0.2, 0) is 4.74 Å². The molecule has 1 aromatic rings. The quantitative estimate of drug-likeness (QED) is 0.898. The first-order valence-corrected chi connectivity index (χ1v) is 6.08. The fraction of sp³-hybridized carbons (Fsp3) is 0.500. The summed E-state index contributed by atoms with van der Waals surface area (Å²) in [6.45, 7) is 4.38. The summed E-state index contributed by atoms with van der Waals surface area (Å²) in [5.74, 6) is -0.228. The van der Waals surface area contributed by atoms with E-state index in [1.54, 1.807) is 19.2 Å². The van der Waals surface area contributed by atoms with Crippen molar-refractivity contribution in [3.63, 3.8) is 0 Å². The third-order valence-corrected chi connectivity index (χ3v) is 2.91. The molecule has 1 aromatic carbocycles. The van der Waals surface area contributed by atoms with Crippen LogP contribution in [0.3, 0.4) is 0 Å².